The van der Waals surface area contributed by atoms with Gasteiger partial charge in [-0.1, -0.05) is 12.1 Å². The normalized spacial score (nSPS) is 9.40. The van der Waals surface area contributed by atoms with E-state index in [1.807, 2.05) is 0 Å². The monoisotopic (exact) mass is 210 g/mol. The Morgan fingerprint density at radius 1 is 1.13 bits per heavy atom. The fourth-order valence-electron chi connectivity index (χ4n) is 0.954. The molecule has 15 heavy (non-hydrogen) atoms. The zero-order chi connectivity index (χ0) is 11.4. The number of rotatable bonds is 3. The van der Waals surface area contributed by atoms with Crippen molar-refractivity contribution in [2.45, 2.75) is 0 Å². The number of carboxylic acids is 1. The summed E-state index contributed by atoms with van der Waals surface area (Å²) in [6.07, 6.45) is -1.61. The van der Waals surface area contributed by atoms with Crippen LogP contribution in [0.5, 0.6) is 0 Å². The van der Waals surface area contributed by atoms with Gasteiger partial charge >= 0.3 is 19.2 Å². The summed E-state index contributed by atoms with van der Waals surface area (Å²) in [7, 11) is -1.61. The van der Waals surface area contributed by atoms with Gasteiger partial charge in [-0.15, -0.1) is 0 Å². The predicted octanol–water partition coefficient (Wildman–Crippen LogP) is -0.233. The molecule has 0 aliphatic carbocycles. The van der Waals surface area contributed by atoms with Gasteiger partial charge in [0.15, 0.2) is 0 Å². The molecule has 6 nitrogen and oxygen atoms in total. The highest BCUT2D eigenvalue weighted by atomic mass is 16.7. The molecule has 0 spiro atoms. The van der Waals surface area contributed by atoms with E-state index in [-0.39, 0.29) is 11.0 Å². The molecule has 0 amide bonds. The van der Waals surface area contributed by atoms with E-state index in [2.05, 4.69) is 4.65 Å². The second kappa shape index (κ2) is 4.47. The van der Waals surface area contributed by atoms with Crippen LogP contribution in [-0.2, 0) is 4.65 Å². The molecule has 3 N–H and O–H groups in total. The average molecular weight is 210 g/mol. The molecule has 1 aromatic carbocycles. The van der Waals surface area contributed by atoms with Crippen LogP contribution >= 0.6 is 0 Å². The van der Waals surface area contributed by atoms with E-state index >= 15 is 0 Å². The second-order valence-corrected chi connectivity index (χ2v) is 2.66. The molecule has 0 aliphatic heterocycles. The quantitative estimate of drug-likeness (QED) is 0.595. The molecule has 0 bridgehead atoms. The molecule has 0 unspecified atom stereocenters. The van der Waals surface area contributed by atoms with Crippen LogP contribution < -0.4 is 5.46 Å². The summed E-state index contributed by atoms with van der Waals surface area (Å²) >= 11 is 0. The Hall–Kier alpha value is -2.02. The van der Waals surface area contributed by atoms with Gasteiger partial charge < -0.3 is 19.9 Å². The van der Waals surface area contributed by atoms with E-state index in [1.54, 1.807) is 0 Å². The molecule has 7 heteroatoms. The number of hydrogen-bond donors (Lipinski definition) is 3. The van der Waals surface area contributed by atoms with Crippen molar-refractivity contribution in [3.63, 3.8) is 0 Å². The van der Waals surface area contributed by atoms with E-state index < -0.39 is 19.2 Å². The lowest BCUT2D eigenvalue weighted by atomic mass is 9.79. The van der Waals surface area contributed by atoms with Crippen LogP contribution in [0.4, 0.5) is 4.79 Å². The molecule has 0 aliphatic rings. The third kappa shape index (κ3) is 2.99. The molecule has 0 fully saturated rings. The Balaban J connectivity index is 2.79. The lowest BCUT2D eigenvalue weighted by Crippen LogP contribution is -2.35. The molecule has 78 valence electrons. The molecular formula is C8H7BO6. The predicted molar refractivity (Wildman–Crippen MR) is 50.1 cm³/mol. The van der Waals surface area contributed by atoms with Crippen LogP contribution in [0.1, 0.15) is 10.4 Å². The minimum atomic E-state index is -1.61. The van der Waals surface area contributed by atoms with Crippen LogP contribution in [0.3, 0.4) is 0 Å². The second-order valence-electron chi connectivity index (χ2n) is 2.66. The number of carbonyl (C=O) groups is 2. The average Bonchev–Trinajstić information content (AvgIpc) is 2.17. The maximum Gasteiger partial charge on any atom is 0.564 e. The molecule has 1 aromatic rings. The molecule has 1 rings (SSSR count). The Morgan fingerprint density at radius 2 is 1.67 bits per heavy atom. The minimum Gasteiger partial charge on any atom is -0.478 e. The standard InChI is InChI=1S/C8H7BO6/c10-7(11)5-1-3-6(4-2-5)9(14)15-8(12)13/h1-4,14H,(H,10,11)(H,12,13). The van der Waals surface area contributed by atoms with E-state index in [0.29, 0.717) is 0 Å². The summed E-state index contributed by atoms with van der Waals surface area (Å²) in [5, 5.41) is 26.0. The highest BCUT2D eigenvalue weighted by molar-refractivity contribution is 6.61. The van der Waals surface area contributed by atoms with Crippen molar-refractivity contribution in [3.05, 3.63) is 29.8 Å². The van der Waals surface area contributed by atoms with Crippen LogP contribution in [0.15, 0.2) is 24.3 Å². The van der Waals surface area contributed by atoms with Crippen LogP contribution in [0, 0.1) is 0 Å². The molecule has 0 saturated heterocycles. The number of carboxylic acid groups (broad SMARTS) is 2. The zero-order valence-corrected chi connectivity index (χ0v) is 7.45. The number of aromatic carboxylic acids is 1. The Morgan fingerprint density at radius 3 is 2.07 bits per heavy atom. The summed E-state index contributed by atoms with van der Waals surface area (Å²) in [4.78, 5) is 20.6. The van der Waals surface area contributed by atoms with Crippen LogP contribution in [0.2, 0.25) is 0 Å². The van der Waals surface area contributed by atoms with Crippen molar-refractivity contribution in [3.8, 4) is 0 Å². The highest BCUT2D eigenvalue weighted by Gasteiger charge is 2.21. The highest BCUT2D eigenvalue weighted by Crippen LogP contribution is 1.97. The Kier molecular flexibility index (Phi) is 3.30. The van der Waals surface area contributed by atoms with E-state index in [4.69, 9.17) is 15.2 Å². The van der Waals surface area contributed by atoms with Gasteiger partial charge in [0.2, 0.25) is 0 Å². The SMILES string of the molecule is O=C(O)OB(O)c1ccc(C(=O)O)cc1. The van der Waals surface area contributed by atoms with E-state index in [0.717, 1.165) is 0 Å². The molecule has 0 aromatic heterocycles. The largest absolute Gasteiger partial charge is 0.564 e. The minimum absolute atomic E-state index is 0.0428. The van der Waals surface area contributed by atoms with Crippen molar-refractivity contribution < 1.29 is 29.5 Å². The van der Waals surface area contributed by atoms with Crippen molar-refractivity contribution in [1.29, 1.82) is 0 Å². The molecule has 0 radical (unpaired) electrons. The summed E-state index contributed by atoms with van der Waals surface area (Å²) in [6, 6.07) is 5.03. The van der Waals surface area contributed by atoms with Crippen molar-refractivity contribution in [2.75, 3.05) is 0 Å². The first-order valence-corrected chi connectivity index (χ1v) is 3.91. The molecule has 0 atom stereocenters. The molecule has 0 heterocycles. The third-order valence-electron chi connectivity index (χ3n) is 1.66. The van der Waals surface area contributed by atoms with Crippen molar-refractivity contribution in [1.82, 2.24) is 0 Å². The summed E-state index contributed by atoms with van der Waals surface area (Å²) in [5.41, 5.74) is 0.212. The van der Waals surface area contributed by atoms with Gasteiger partial charge in [0.1, 0.15) is 0 Å². The smallest absolute Gasteiger partial charge is 0.478 e. The van der Waals surface area contributed by atoms with Crippen molar-refractivity contribution >= 4 is 24.7 Å². The van der Waals surface area contributed by atoms with Gasteiger partial charge in [-0.2, -0.15) is 0 Å². The van der Waals surface area contributed by atoms with Gasteiger partial charge in [0.05, 0.1) is 5.56 Å². The summed E-state index contributed by atoms with van der Waals surface area (Å²) in [5.74, 6) is -1.10. The maximum absolute atomic E-state index is 10.5. The first-order chi connectivity index (χ1) is 7.00. The maximum atomic E-state index is 10.5. The van der Waals surface area contributed by atoms with Gasteiger partial charge in [-0.05, 0) is 17.6 Å². The Bertz CT molecular complexity index is 373. The zero-order valence-electron chi connectivity index (χ0n) is 7.45. The molecule has 0 saturated carbocycles. The topological polar surface area (TPSA) is 104 Å². The lowest BCUT2D eigenvalue weighted by Gasteiger charge is -2.04. The molecular weight excluding hydrogens is 203 g/mol. The lowest BCUT2D eigenvalue weighted by molar-refractivity contribution is 0.0696. The van der Waals surface area contributed by atoms with Crippen molar-refractivity contribution in [2.24, 2.45) is 0 Å². The van der Waals surface area contributed by atoms with Gasteiger partial charge in [0, 0.05) is 0 Å². The van der Waals surface area contributed by atoms with Crippen LogP contribution in [-0.4, -0.2) is 34.5 Å². The fraction of sp³-hybridized carbons (Fsp3) is 0. The first kappa shape index (κ1) is 11.1. The van der Waals surface area contributed by atoms with Gasteiger partial charge in [-0.3, -0.25) is 0 Å². The Labute approximate surface area is 84.9 Å². The van der Waals surface area contributed by atoms with E-state index in [9.17, 15) is 9.59 Å². The van der Waals surface area contributed by atoms with Crippen LogP contribution in [0.25, 0.3) is 0 Å². The first-order valence-electron chi connectivity index (χ1n) is 3.91. The third-order valence-corrected chi connectivity index (χ3v) is 1.66. The summed E-state index contributed by atoms with van der Waals surface area (Å²) < 4.78 is 4.06. The van der Waals surface area contributed by atoms with Gasteiger partial charge in [0.25, 0.3) is 0 Å². The van der Waals surface area contributed by atoms with Gasteiger partial charge in [-0.25, -0.2) is 9.59 Å². The summed E-state index contributed by atoms with van der Waals surface area (Å²) in [6.45, 7) is 0. The number of benzene rings is 1. The fourth-order valence-corrected chi connectivity index (χ4v) is 0.954. The number of hydrogen-bond acceptors (Lipinski definition) is 4. The van der Waals surface area contributed by atoms with E-state index in [1.165, 1.54) is 24.3 Å².